The first-order chi connectivity index (χ1) is 9.24. The van der Waals surface area contributed by atoms with Crippen molar-refractivity contribution in [3.05, 3.63) is 41.6 Å². The Hall–Kier alpha value is -1.06. The second-order valence-corrected chi connectivity index (χ2v) is 5.78. The van der Waals surface area contributed by atoms with Gasteiger partial charge in [0.15, 0.2) is 0 Å². The molecule has 1 unspecified atom stereocenters. The molecule has 0 radical (unpaired) electrons. The van der Waals surface area contributed by atoms with Crippen LogP contribution in [-0.2, 0) is 0 Å². The van der Waals surface area contributed by atoms with E-state index in [1.807, 2.05) is 18.7 Å². The van der Waals surface area contributed by atoms with Gasteiger partial charge in [-0.1, -0.05) is 19.1 Å². The molecule has 0 aliphatic carbocycles. The fourth-order valence-corrected chi connectivity index (χ4v) is 2.80. The Morgan fingerprint density at radius 2 is 2.11 bits per heavy atom. The standard InChI is InChI=1S/C16H22N2S/c1-4-17-15(9-10-19-3)13-7-8-16-14(11-13)6-5-12(2)18-16/h5-8,11,15,17H,4,9-10H2,1-3H3. The Morgan fingerprint density at radius 3 is 2.84 bits per heavy atom. The zero-order chi connectivity index (χ0) is 13.7. The molecule has 1 atom stereocenters. The minimum absolute atomic E-state index is 0.447. The summed E-state index contributed by atoms with van der Waals surface area (Å²) < 4.78 is 0. The Bertz CT molecular complexity index is 539. The number of aromatic nitrogens is 1. The fraction of sp³-hybridized carbons (Fsp3) is 0.438. The lowest BCUT2D eigenvalue weighted by atomic mass is 10.0. The van der Waals surface area contributed by atoms with Gasteiger partial charge in [0, 0.05) is 17.1 Å². The molecular weight excluding hydrogens is 252 g/mol. The number of hydrogen-bond acceptors (Lipinski definition) is 3. The van der Waals surface area contributed by atoms with E-state index in [0.29, 0.717) is 6.04 Å². The average molecular weight is 274 g/mol. The molecular formula is C16H22N2S. The molecule has 2 nitrogen and oxygen atoms in total. The number of pyridine rings is 1. The molecule has 0 amide bonds. The quantitative estimate of drug-likeness (QED) is 0.863. The highest BCUT2D eigenvalue weighted by Crippen LogP contribution is 2.23. The molecule has 102 valence electrons. The van der Waals surface area contributed by atoms with Crippen LogP contribution < -0.4 is 5.32 Å². The average Bonchev–Trinajstić information content (AvgIpc) is 2.43. The van der Waals surface area contributed by atoms with Crippen LogP contribution in [0.15, 0.2) is 30.3 Å². The molecule has 0 bridgehead atoms. The summed E-state index contributed by atoms with van der Waals surface area (Å²) in [4.78, 5) is 4.56. The summed E-state index contributed by atoms with van der Waals surface area (Å²) in [6.07, 6.45) is 3.33. The molecule has 2 rings (SSSR count). The number of aryl methyl sites for hydroxylation is 1. The van der Waals surface area contributed by atoms with Gasteiger partial charge in [-0.15, -0.1) is 0 Å². The van der Waals surface area contributed by atoms with Crippen LogP contribution in [0.3, 0.4) is 0 Å². The Morgan fingerprint density at radius 1 is 1.26 bits per heavy atom. The first kappa shape index (κ1) is 14.4. The minimum atomic E-state index is 0.447. The summed E-state index contributed by atoms with van der Waals surface area (Å²) in [6, 6.07) is 11.3. The molecule has 1 heterocycles. The van der Waals surface area contributed by atoms with Gasteiger partial charge in [0.25, 0.3) is 0 Å². The van der Waals surface area contributed by atoms with Crippen LogP contribution >= 0.6 is 11.8 Å². The molecule has 1 aromatic carbocycles. The largest absolute Gasteiger partial charge is 0.310 e. The highest BCUT2D eigenvalue weighted by molar-refractivity contribution is 7.98. The summed E-state index contributed by atoms with van der Waals surface area (Å²) in [5, 5.41) is 4.81. The molecule has 2 aromatic rings. The van der Waals surface area contributed by atoms with Crippen LogP contribution in [0.1, 0.15) is 30.6 Å². The second-order valence-electron chi connectivity index (χ2n) is 4.80. The van der Waals surface area contributed by atoms with E-state index in [2.05, 4.69) is 53.8 Å². The van der Waals surface area contributed by atoms with Gasteiger partial charge >= 0.3 is 0 Å². The molecule has 0 aliphatic rings. The van der Waals surface area contributed by atoms with E-state index < -0.39 is 0 Å². The predicted molar refractivity (Wildman–Crippen MR) is 85.9 cm³/mol. The highest BCUT2D eigenvalue weighted by atomic mass is 32.2. The molecule has 0 aliphatic heterocycles. The Labute approximate surface area is 120 Å². The number of benzene rings is 1. The molecule has 0 saturated heterocycles. The maximum Gasteiger partial charge on any atom is 0.0705 e. The summed E-state index contributed by atoms with van der Waals surface area (Å²) in [5.41, 5.74) is 3.53. The smallest absolute Gasteiger partial charge is 0.0705 e. The summed E-state index contributed by atoms with van der Waals surface area (Å²) >= 11 is 1.90. The van der Waals surface area contributed by atoms with Crippen molar-refractivity contribution < 1.29 is 0 Å². The first-order valence-electron chi connectivity index (χ1n) is 6.84. The van der Waals surface area contributed by atoms with Gasteiger partial charge in [-0.3, -0.25) is 4.98 Å². The highest BCUT2D eigenvalue weighted by Gasteiger charge is 2.10. The van der Waals surface area contributed by atoms with E-state index in [-0.39, 0.29) is 0 Å². The monoisotopic (exact) mass is 274 g/mol. The van der Waals surface area contributed by atoms with E-state index in [1.165, 1.54) is 23.1 Å². The summed E-state index contributed by atoms with van der Waals surface area (Å²) in [6.45, 7) is 5.20. The van der Waals surface area contributed by atoms with Crippen LogP contribution in [0.25, 0.3) is 10.9 Å². The number of hydrogen-bond donors (Lipinski definition) is 1. The van der Waals surface area contributed by atoms with Gasteiger partial charge in [0.2, 0.25) is 0 Å². The van der Waals surface area contributed by atoms with Crippen LogP contribution in [0.5, 0.6) is 0 Å². The van der Waals surface area contributed by atoms with Crippen LogP contribution in [0, 0.1) is 6.92 Å². The molecule has 0 fully saturated rings. The molecule has 1 N–H and O–H groups in total. The van der Waals surface area contributed by atoms with Gasteiger partial charge in [-0.2, -0.15) is 11.8 Å². The summed E-state index contributed by atoms with van der Waals surface area (Å²) in [5.74, 6) is 1.18. The van der Waals surface area contributed by atoms with E-state index in [1.54, 1.807) is 0 Å². The van der Waals surface area contributed by atoms with Gasteiger partial charge in [-0.25, -0.2) is 0 Å². The van der Waals surface area contributed by atoms with Crippen molar-refractivity contribution in [1.82, 2.24) is 10.3 Å². The Kier molecular flexibility index (Phi) is 5.23. The van der Waals surface area contributed by atoms with E-state index in [0.717, 1.165) is 17.8 Å². The van der Waals surface area contributed by atoms with Crippen molar-refractivity contribution in [2.45, 2.75) is 26.3 Å². The lowest BCUT2D eigenvalue weighted by Gasteiger charge is -2.18. The topological polar surface area (TPSA) is 24.9 Å². The number of rotatable bonds is 6. The molecule has 1 aromatic heterocycles. The van der Waals surface area contributed by atoms with Gasteiger partial charge in [0.05, 0.1) is 5.52 Å². The SMILES string of the molecule is CCNC(CCSC)c1ccc2nc(C)ccc2c1. The summed E-state index contributed by atoms with van der Waals surface area (Å²) in [7, 11) is 0. The molecule has 0 spiro atoms. The number of nitrogens with zero attached hydrogens (tertiary/aromatic N) is 1. The predicted octanol–water partition coefficient (Wildman–Crippen LogP) is 3.95. The van der Waals surface area contributed by atoms with Crippen molar-refractivity contribution >= 4 is 22.7 Å². The number of nitrogens with one attached hydrogen (secondary N) is 1. The lowest BCUT2D eigenvalue weighted by molar-refractivity contribution is 0.541. The lowest BCUT2D eigenvalue weighted by Crippen LogP contribution is -2.21. The second kappa shape index (κ2) is 6.92. The van der Waals surface area contributed by atoms with Gasteiger partial charge in [0.1, 0.15) is 0 Å². The van der Waals surface area contributed by atoms with Crippen LogP contribution in [0.4, 0.5) is 0 Å². The van der Waals surface area contributed by atoms with Gasteiger partial charge < -0.3 is 5.32 Å². The van der Waals surface area contributed by atoms with E-state index in [9.17, 15) is 0 Å². The number of thioether (sulfide) groups is 1. The molecule has 19 heavy (non-hydrogen) atoms. The van der Waals surface area contributed by atoms with Crippen LogP contribution in [0.2, 0.25) is 0 Å². The normalized spacial score (nSPS) is 12.8. The zero-order valence-electron chi connectivity index (χ0n) is 11.9. The minimum Gasteiger partial charge on any atom is -0.310 e. The first-order valence-corrected chi connectivity index (χ1v) is 8.23. The third-order valence-electron chi connectivity index (χ3n) is 3.32. The van der Waals surface area contributed by atoms with Crippen molar-refractivity contribution in [1.29, 1.82) is 0 Å². The third-order valence-corrected chi connectivity index (χ3v) is 3.96. The van der Waals surface area contributed by atoms with Crippen molar-refractivity contribution in [3.63, 3.8) is 0 Å². The molecule has 0 saturated carbocycles. The van der Waals surface area contributed by atoms with Crippen molar-refractivity contribution in [2.75, 3.05) is 18.6 Å². The van der Waals surface area contributed by atoms with Crippen molar-refractivity contribution in [3.8, 4) is 0 Å². The van der Waals surface area contributed by atoms with Crippen molar-refractivity contribution in [2.24, 2.45) is 0 Å². The maximum atomic E-state index is 4.56. The van der Waals surface area contributed by atoms with E-state index >= 15 is 0 Å². The van der Waals surface area contributed by atoms with Gasteiger partial charge in [-0.05, 0) is 55.7 Å². The Balaban J connectivity index is 2.29. The third kappa shape index (κ3) is 3.71. The maximum absolute atomic E-state index is 4.56. The molecule has 3 heteroatoms. The van der Waals surface area contributed by atoms with Crippen LogP contribution in [-0.4, -0.2) is 23.5 Å². The number of fused-ring (bicyclic) bond motifs is 1. The fourth-order valence-electron chi connectivity index (χ4n) is 2.33. The van der Waals surface area contributed by atoms with E-state index in [4.69, 9.17) is 0 Å². The zero-order valence-corrected chi connectivity index (χ0v) is 12.8.